The Labute approximate surface area is 122 Å². The van der Waals surface area contributed by atoms with Crippen molar-refractivity contribution in [2.45, 2.75) is 38.5 Å². The third-order valence-electron chi connectivity index (χ3n) is 4.23. The monoisotopic (exact) mass is 289 g/mol. The number of hydrogen-bond acceptors (Lipinski definition) is 2. The summed E-state index contributed by atoms with van der Waals surface area (Å²) in [5.41, 5.74) is 2.65. The summed E-state index contributed by atoms with van der Waals surface area (Å²) >= 11 is 0. The van der Waals surface area contributed by atoms with E-state index in [1.807, 2.05) is 30.3 Å². The minimum atomic E-state index is -1.41. The Kier molecular flexibility index (Phi) is 4.16. The van der Waals surface area contributed by atoms with Crippen molar-refractivity contribution in [2.24, 2.45) is 0 Å². The lowest BCUT2D eigenvalue weighted by atomic mass is 10.0. The van der Waals surface area contributed by atoms with Gasteiger partial charge in [0.1, 0.15) is 8.24 Å². The molecule has 108 valence electrons. The van der Waals surface area contributed by atoms with E-state index in [2.05, 4.69) is 31.3 Å². The molecule has 0 fully saturated rings. The minimum absolute atomic E-state index is 0.322. The summed E-state index contributed by atoms with van der Waals surface area (Å²) in [6.45, 7) is 6.90. The first-order valence-electron chi connectivity index (χ1n) is 7.04. The fourth-order valence-electron chi connectivity index (χ4n) is 2.76. The Balaban J connectivity index is 2.30. The van der Waals surface area contributed by atoms with Gasteiger partial charge in [0.25, 0.3) is 0 Å². The molecule has 1 aliphatic carbocycles. The van der Waals surface area contributed by atoms with Gasteiger partial charge in [-0.25, -0.2) is 4.79 Å². The summed E-state index contributed by atoms with van der Waals surface area (Å²) in [6.07, 6.45) is 1.49. The number of rotatable bonds is 4. The van der Waals surface area contributed by atoms with E-state index in [1.165, 1.54) is 0 Å². The summed E-state index contributed by atoms with van der Waals surface area (Å²) in [7, 11) is 0.736. The van der Waals surface area contributed by atoms with E-state index < -0.39 is 14.2 Å². The van der Waals surface area contributed by atoms with Gasteiger partial charge in [-0.3, -0.25) is 0 Å². The molecule has 1 aromatic rings. The van der Waals surface area contributed by atoms with Gasteiger partial charge in [0.2, 0.25) is 0 Å². The third-order valence-corrected chi connectivity index (χ3v) is 6.71. The Morgan fingerprint density at radius 2 is 1.80 bits per heavy atom. The molecule has 0 aromatic heterocycles. The molecule has 1 atom stereocenters. The summed E-state index contributed by atoms with van der Waals surface area (Å²) in [5, 5.41) is 9.48. The molecule has 0 heterocycles. The lowest BCUT2D eigenvalue weighted by molar-refractivity contribution is -0.132. The molecule has 1 aromatic carbocycles. The van der Waals surface area contributed by atoms with E-state index in [-0.39, 0.29) is 0 Å². The second-order valence-corrected chi connectivity index (χ2v) is 11.5. The highest BCUT2D eigenvalue weighted by molar-refractivity contribution is 6.73. The number of benzene rings is 1. The van der Waals surface area contributed by atoms with Crippen LogP contribution >= 0.6 is 0 Å². The number of nitrogens with zero attached hydrogens (tertiary/aromatic N) is 1. The van der Waals surface area contributed by atoms with E-state index >= 15 is 0 Å². The molecule has 4 heteroatoms. The van der Waals surface area contributed by atoms with Crippen molar-refractivity contribution in [3.05, 3.63) is 41.5 Å². The van der Waals surface area contributed by atoms with E-state index in [9.17, 15) is 9.90 Å². The molecular weight excluding hydrogens is 266 g/mol. The SMILES string of the molecule is CN(C1CC(C(=O)O)=C(c2ccccc2)C1)[Si](C)(C)C. The Morgan fingerprint density at radius 1 is 1.20 bits per heavy atom. The lowest BCUT2D eigenvalue weighted by Gasteiger charge is -2.35. The van der Waals surface area contributed by atoms with Crippen molar-refractivity contribution in [2.75, 3.05) is 7.05 Å². The second-order valence-electron chi connectivity index (χ2n) is 6.47. The maximum atomic E-state index is 11.5. The molecule has 0 saturated carbocycles. The van der Waals surface area contributed by atoms with E-state index in [0.717, 1.165) is 17.6 Å². The highest BCUT2D eigenvalue weighted by atomic mass is 28.3. The van der Waals surface area contributed by atoms with Gasteiger partial charge in [-0.15, -0.1) is 0 Å². The molecule has 0 radical (unpaired) electrons. The van der Waals surface area contributed by atoms with Crippen LogP contribution in [0.1, 0.15) is 18.4 Å². The largest absolute Gasteiger partial charge is 0.478 e. The van der Waals surface area contributed by atoms with Crippen LogP contribution in [0, 0.1) is 0 Å². The zero-order chi connectivity index (χ0) is 14.9. The molecule has 0 aliphatic heterocycles. The van der Waals surface area contributed by atoms with Gasteiger partial charge in [-0.1, -0.05) is 50.0 Å². The lowest BCUT2D eigenvalue weighted by Crippen LogP contribution is -2.48. The number of hydrogen-bond donors (Lipinski definition) is 1. The number of carboxylic acid groups (broad SMARTS) is 1. The molecule has 1 N–H and O–H groups in total. The molecule has 0 saturated heterocycles. The van der Waals surface area contributed by atoms with Gasteiger partial charge >= 0.3 is 5.97 Å². The van der Waals surface area contributed by atoms with Gasteiger partial charge in [-0.05, 0) is 31.0 Å². The van der Waals surface area contributed by atoms with Gasteiger partial charge in [0.15, 0.2) is 0 Å². The zero-order valence-corrected chi connectivity index (χ0v) is 13.7. The predicted octanol–water partition coefficient (Wildman–Crippen LogP) is 3.45. The van der Waals surface area contributed by atoms with Crippen molar-refractivity contribution in [3.63, 3.8) is 0 Å². The van der Waals surface area contributed by atoms with Crippen LogP contribution in [0.25, 0.3) is 5.57 Å². The van der Waals surface area contributed by atoms with Gasteiger partial charge in [0, 0.05) is 11.6 Å². The smallest absolute Gasteiger partial charge is 0.331 e. The van der Waals surface area contributed by atoms with E-state index in [4.69, 9.17) is 0 Å². The maximum absolute atomic E-state index is 11.5. The van der Waals surface area contributed by atoms with Crippen molar-refractivity contribution < 1.29 is 9.90 Å². The van der Waals surface area contributed by atoms with Crippen LogP contribution < -0.4 is 0 Å². The highest BCUT2D eigenvalue weighted by Gasteiger charge is 2.35. The minimum Gasteiger partial charge on any atom is -0.478 e. The van der Waals surface area contributed by atoms with Crippen LogP contribution in [0.3, 0.4) is 0 Å². The van der Waals surface area contributed by atoms with Crippen LogP contribution in [0.2, 0.25) is 19.6 Å². The predicted molar refractivity (Wildman–Crippen MR) is 85.1 cm³/mol. The van der Waals surface area contributed by atoms with Gasteiger partial charge in [-0.2, -0.15) is 0 Å². The van der Waals surface area contributed by atoms with Gasteiger partial charge in [0.05, 0.1) is 0 Å². The highest BCUT2D eigenvalue weighted by Crippen LogP contribution is 2.37. The van der Waals surface area contributed by atoms with Crippen LogP contribution in [-0.2, 0) is 4.79 Å². The molecular formula is C16H23NO2Si. The molecule has 1 aliphatic rings. The molecule has 20 heavy (non-hydrogen) atoms. The first-order valence-corrected chi connectivity index (χ1v) is 10.5. The van der Waals surface area contributed by atoms with E-state index in [1.54, 1.807) is 0 Å². The fourth-order valence-corrected chi connectivity index (χ4v) is 4.04. The van der Waals surface area contributed by atoms with Crippen LogP contribution in [0.4, 0.5) is 0 Å². The average Bonchev–Trinajstić information content (AvgIpc) is 2.82. The molecule has 0 spiro atoms. The zero-order valence-electron chi connectivity index (χ0n) is 12.7. The van der Waals surface area contributed by atoms with Crippen molar-refractivity contribution in [3.8, 4) is 0 Å². The summed E-state index contributed by atoms with van der Waals surface area (Å²) in [6, 6.07) is 10.2. The summed E-state index contributed by atoms with van der Waals surface area (Å²) in [5.74, 6) is -0.768. The molecule has 2 rings (SSSR count). The Bertz CT molecular complexity index is 531. The quantitative estimate of drug-likeness (QED) is 0.863. The molecule has 3 nitrogen and oxygen atoms in total. The van der Waals surface area contributed by atoms with Crippen LogP contribution in [0.5, 0.6) is 0 Å². The summed E-state index contributed by atoms with van der Waals surface area (Å²) in [4.78, 5) is 11.5. The number of carboxylic acids is 1. The van der Waals surface area contributed by atoms with E-state index in [0.29, 0.717) is 18.0 Å². The third kappa shape index (κ3) is 3.02. The van der Waals surface area contributed by atoms with Crippen LogP contribution in [-0.4, -0.2) is 37.0 Å². The number of aliphatic carboxylic acids is 1. The molecule has 1 unspecified atom stereocenters. The molecule has 0 amide bonds. The first kappa shape index (κ1) is 15.0. The van der Waals surface area contributed by atoms with Crippen molar-refractivity contribution in [1.29, 1.82) is 0 Å². The van der Waals surface area contributed by atoms with Crippen molar-refractivity contribution >= 4 is 19.8 Å². The maximum Gasteiger partial charge on any atom is 0.331 e. The topological polar surface area (TPSA) is 40.5 Å². The first-order chi connectivity index (χ1) is 9.30. The Morgan fingerprint density at radius 3 is 2.30 bits per heavy atom. The fraction of sp³-hybridized carbons (Fsp3) is 0.438. The number of carbonyl (C=O) groups is 1. The van der Waals surface area contributed by atoms with Crippen molar-refractivity contribution in [1.82, 2.24) is 4.57 Å². The second kappa shape index (κ2) is 5.54. The van der Waals surface area contributed by atoms with Gasteiger partial charge < -0.3 is 9.67 Å². The Hall–Kier alpha value is -1.39. The summed E-state index contributed by atoms with van der Waals surface area (Å²) < 4.78 is 2.42. The molecule has 0 bridgehead atoms. The normalized spacial score (nSPS) is 19.8. The standard InChI is InChI=1S/C16H23NO2Si/c1-17(20(2,3)4)13-10-14(15(11-13)16(18)19)12-8-6-5-7-9-12/h5-9,13H,10-11H2,1-4H3,(H,18,19). The average molecular weight is 289 g/mol. The van der Waals surface area contributed by atoms with Crippen LogP contribution in [0.15, 0.2) is 35.9 Å².